The second kappa shape index (κ2) is 6.51. The highest BCUT2D eigenvalue weighted by Crippen LogP contribution is 2.11. The van der Waals surface area contributed by atoms with Crippen molar-refractivity contribution in [3.05, 3.63) is 23.4 Å². The van der Waals surface area contributed by atoms with E-state index in [0.717, 1.165) is 17.1 Å². The van der Waals surface area contributed by atoms with E-state index in [1.54, 1.807) is 0 Å². The molecule has 1 unspecified atom stereocenters. The van der Waals surface area contributed by atoms with Gasteiger partial charge in [0.2, 0.25) is 0 Å². The van der Waals surface area contributed by atoms with Crippen LogP contribution in [-0.4, -0.2) is 29.2 Å². The minimum atomic E-state index is 0.198. The maximum Gasteiger partial charge on any atom is 0.127 e. The molecule has 0 fully saturated rings. The fraction of sp³-hybridized carbons (Fsp3) is 0.500. The second-order valence-electron chi connectivity index (χ2n) is 3.95. The van der Waals surface area contributed by atoms with Gasteiger partial charge in [-0.05, 0) is 32.9 Å². The SMILES string of the molecule is CCOCC(C)Nc1cc(C(N)=S)cc(C)n1. The van der Waals surface area contributed by atoms with Crippen molar-refractivity contribution in [3.8, 4) is 0 Å². The maximum atomic E-state index is 5.61. The van der Waals surface area contributed by atoms with Gasteiger partial charge in [-0.15, -0.1) is 0 Å². The first kappa shape index (κ1) is 13.9. The van der Waals surface area contributed by atoms with E-state index in [9.17, 15) is 0 Å². The van der Waals surface area contributed by atoms with Gasteiger partial charge in [0.1, 0.15) is 10.8 Å². The number of ether oxygens (including phenoxy) is 1. The zero-order chi connectivity index (χ0) is 12.8. The number of thiocarbonyl (C=S) groups is 1. The highest BCUT2D eigenvalue weighted by Gasteiger charge is 2.06. The van der Waals surface area contributed by atoms with E-state index in [1.165, 1.54) is 0 Å². The van der Waals surface area contributed by atoms with Crippen molar-refractivity contribution >= 4 is 23.0 Å². The molecule has 0 radical (unpaired) electrons. The second-order valence-corrected chi connectivity index (χ2v) is 4.39. The molecule has 17 heavy (non-hydrogen) atoms. The Hall–Kier alpha value is -1.20. The fourth-order valence-electron chi connectivity index (χ4n) is 1.47. The van der Waals surface area contributed by atoms with Gasteiger partial charge in [0.15, 0.2) is 0 Å². The van der Waals surface area contributed by atoms with E-state index < -0.39 is 0 Å². The van der Waals surface area contributed by atoms with Crippen LogP contribution in [0.4, 0.5) is 5.82 Å². The average Bonchev–Trinajstić information content (AvgIpc) is 2.25. The van der Waals surface area contributed by atoms with Crippen molar-refractivity contribution < 1.29 is 4.74 Å². The Morgan fingerprint density at radius 3 is 2.88 bits per heavy atom. The van der Waals surface area contributed by atoms with Crippen molar-refractivity contribution in [3.63, 3.8) is 0 Å². The Labute approximate surface area is 108 Å². The summed E-state index contributed by atoms with van der Waals surface area (Å²) < 4.78 is 5.33. The Bertz CT molecular complexity index is 395. The molecule has 0 aromatic carbocycles. The van der Waals surface area contributed by atoms with Gasteiger partial charge >= 0.3 is 0 Å². The minimum Gasteiger partial charge on any atom is -0.389 e. The van der Waals surface area contributed by atoms with Crippen LogP contribution in [0.25, 0.3) is 0 Å². The van der Waals surface area contributed by atoms with Gasteiger partial charge in [-0.3, -0.25) is 0 Å². The van der Waals surface area contributed by atoms with E-state index in [-0.39, 0.29) is 6.04 Å². The quantitative estimate of drug-likeness (QED) is 0.758. The van der Waals surface area contributed by atoms with Crippen molar-refractivity contribution in [2.45, 2.75) is 26.8 Å². The number of hydrogen-bond acceptors (Lipinski definition) is 4. The van der Waals surface area contributed by atoms with Crippen molar-refractivity contribution in [1.82, 2.24) is 4.98 Å². The van der Waals surface area contributed by atoms with Crippen LogP contribution >= 0.6 is 12.2 Å². The lowest BCUT2D eigenvalue weighted by molar-refractivity contribution is 0.141. The van der Waals surface area contributed by atoms with Crippen LogP contribution in [-0.2, 0) is 4.74 Å². The lowest BCUT2D eigenvalue weighted by atomic mass is 10.2. The summed E-state index contributed by atoms with van der Waals surface area (Å²) in [6.07, 6.45) is 0. The molecule has 5 heteroatoms. The third-order valence-electron chi connectivity index (χ3n) is 2.20. The largest absolute Gasteiger partial charge is 0.389 e. The number of nitrogens with two attached hydrogens (primary N) is 1. The molecule has 0 aliphatic carbocycles. The molecule has 4 nitrogen and oxygen atoms in total. The number of rotatable bonds is 6. The number of aromatic nitrogens is 1. The molecule has 94 valence electrons. The topological polar surface area (TPSA) is 60.2 Å². The Morgan fingerprint density at radius 2 is 2.29 bits per heavy atom. The molecule has 1 heterocycles. The standard InChI is InChI=1S/C12H19N3OS/c1-4-16-7-9(3)15-11-6-10(12(13)17)5-8(2)14-11/h5-6,9H,4,7H2,1-3H3,(H2,13,17)(H,14,15). The summed E-state index contributed by atoms with van der Waals surface area (Å²) in [6.45, 7) is 7.29. The predicted octanol–water partition coefficient (Wildman–Crippen LogP) is 1.86. The molecule has 1 aromatic rings. The van der Waals surface area contributed by atoms with Crippen LogP contribution < -0.4 is 11.1 Å². The number of nitrogens with zero attached hydrogens (tertiary/aromatic N) is 1. The van der Waals surface area contributed by atoms with E-state index >= 15 is 0 Å². The van der Waals surface area contributed by atoms with Crippen LogP contribution in [0.2, 0.25) is 0 Å². The summed E-state index contributed by atoms with van der Waals surface area (Å²) in [6, 6.07) is 3.93. The third-order valence-corrected chi connectivity index (χ3v) is 2.44. The predicted molar refractivity (Wildman–Crippen MR) is 74.4 cm³/mol. The minimum absolute atomic E-state index is 0.198. The molecule has 1 aromatic heterocycles. The Morgan fingerprint density at radius 1 is 1.59 bits per heavy atom. The van der Waals surface area contributed by atoms with Gasteiger partial charge < -0.3 is 15.8 Å². The molecule has 1 atom stereocenters. The maximum absolute atomic E-state index is 5.61. The van der Waals surface area contributed by atoms with Gasteiger partial charge in [-0.25, -0.2) is 4.98 Å². The van der Waals surface area contributed by atoms with Gasteiger partial charge in [0.25, 0.3) is 0 Å². The van der Waals surface area contributed by atoms with E-state index in [4.69, 9.17) is 22.7 Å². The average molecular weight is 253 g/mol. The third kappa shape index (κ3) is 4.66. The van der Waals surface area contributed by atoms with E-state index in [1.807, 2.05) is 32.9 Å². The number of anilines is 1. The van der Waals surface area contributed by atoms with E-state index in [0.29, 0.717) is 18.2 Å². The molecule has 0 aliphatic heterocycles. The summed E-state index contributed by atoms with van der Waals surface area (Å²) in [5, 5.41) is 3.26. The number of aryl methyl sites for hydroxylation is 1. The molecule has 0 bridgehead atoms. The number of nitrogens with one attached hydrogen (secondary N) is 1. The molecule has 0 aliphatic rings. The highest BCUT2D eigenvalue weighted by molar-refractivity contribution is 7.80. The lowest BCUT2D eigenvalue weighted by Gasteiger charge is -2.15. The van der Waals surface area contributed by atoms with Gasteiger partial charge in [0, 0.05) is 23.9 Å². The van der Waals surface area contributed by atoms with Crippen LogP contribution in [0.1, 0.15) is 25.1 Å². The highest BCUT2D eigenvalue weighted by atomic mass is 32.1. The lowest BCUT2D eigenvalue weighted by Crippen LogP contribution is -2.23. The molecular formula is C12H19N3OS. The van der Waals surface area contributed by atoms with Gasteiger partial charge in [-0.1, -0.05) is 12.2 Å². The first-order valence-corrected chi connectivity index (χ1v) is 6.06. The zero-order valence-corrected chi connectivity index (χ0v) is 11.3. The first-order valence-electron chi connectivity index (χ1n) is 5.65. The number of pyridine rings is 1. The fourth-order valence-corrected chi connectivity index (χ4v) is 1.59. The van der Waals surface area contributed by atoms with Crippen LogP contribution in [0.5, 0.6) is 0 Å². The monoisotopic (exact) mass is 253 g/mol. The molecule has 0 amide bonds. The molecule has 0 saturated carbocycles. The van der Waals surface area contributed by atoms with Crippen molar-refractivity contribution in [1.29, 1.82) is 0 Å². The molecule has 0 saturated heterocycles. The van der Waals surface area contributed by atoms with Gasteiger partial charge in [-0.2, -0.15) is 0 Å². The normalized spacial score (nSPS) is 12.2. The smallest absolute Gasteiger partial charge is 0.127 e. The molecule has 1 rings (SSSR count). The summed E-state index contributed by atoms with van der Waals surface area (Å²) in [7, 11) is 0. The first-order chi connectivity index (χ1) is 8.02. The molecular weight excluding hydrogens is 234 g/mol. The Balaban J connectivity index is 2.73. The van der Waals surface area contributed by atoms with E-state index in [2.05, 4.69) is 10.3 Å². The summed E-state index contributed by atoms with van der Waals surface area (Å²) in [4.78, 5) is 4.77. The molecule has 0 spiro atoms. The molecule has 3 N–H and O–H groups in total. The van der Waals surface area contributed by atoms with Gasteiger partial charge in [0.05, 0.1) is 6.61 Å². The van der Waals surface area contributed by atoms with Crippen LogP contribution in [0.3, 0.4) is 0 Å². The number of hydrogen-bond donors (Lipinski definition) is 2. The zero-order valence-electron chi connectivity index (χ0n) is 10.5. The van der Waals surface area contributed by atoms with Crippen molar-refractivity contribution in [2.24, 2.45) is 5.73 Å². The summed E-state index contributed by atoms with van der Waals surface area (Å²) >= 11 is 4.96. The summed E-state index contributed by atoms with van der Waals surface area (Å²) in [5.74, 6) is 0.778. The van der Waals surface area contributed by atoms with Crippen LogP contribution in [0.15, 0.2) is 12.1 Å². The summed E-state index contributed by atoms with van der Waals surface area (Å²) in [5.41, 5.74) is 7.34. The van der Waals surface area contributed by atoms with Crippen molar-refractivity contribution in [2.75, 3.05) is 18.5 Å². The van der Waals surface area contributed by atoms with Crippen LogP contribution in [0, 0.1) is 6.92 Å². The Kier molecular flexibility index (Phi) is 5.31.